The van der Waals surface area contributed by atoms with Crippen molar-refractivity contribution in [3.8, 4) is 0 Å². The summed E-state index contributed by atoms with van der Waals surface area (Å²) in [6.07, 6.45) is 5.85. The summed E-state index contributed by atoms with van der Waals surface area (Å²) in [5.41, 5.74) is -0.368. The summed E-state index contributed by atoms with van der Waals surface area (Å²) < 4.78 is 0. The molecular formula is C14H22N4O3. The average Bonchev–Trinajstić information content (AvgIpc) is 2.49. The highest BCUT2D eigenvalue weighted by atomic mass is 16.3. The molecule has 7 heteroatoms. The average molecular weight is 294 g/mol. The van der Waals surface area contributed by atoms with E-state index in [0.717, 1.165) is 37.4 Å². The van der Waals surface area contributed by atoms with Gasteiger partial charge in [-0.3, -0.25) is 0 Å². The molecule has 1 aromatic heterocycles. The SMILES string of the molecule is Cc1ncc(N2CCC(CC(O)(CO)CN=O)CC2)cn1. The van der Waals surface area contributed by atoms with Crippen molar-refractivity contribution in [3.63, 3.8) is 0 Å². The van der Waals surface area contributed by atoms with Crippen molar-refractivity contribution in [1.82, 2.24) is 9.97 Å². The minimum Gasteiger partial charge on any atom is -0.393 e. The Bertz CT molecular complexity index is 460. The summed E-state index contributed by atoms with van der Waals surface area (Å²) in [4.78, 5) is 21.0. The van der Waals surface area contributed by atoms with Crippen molar-refractivity contribution in [2.45, 2.75) is 31.8 Å². The van der Waals surface area contributed by atoms with Crippen LogP contribution in [0.25, 0.3) is 0 Å². The van der Waals surface area contributed by atoms with Gasteiger partial charge in [0.2, 0.25) is 0 Å². The first-order valence-corrected chi connectivity index (χ1v) is 7.22. The van der Waals surface area contributed by atoms with Gasteiger partial charge in [0.25, 0.3) is 0 Å². The first-order chi connectivity index (χ1) is 10.1. The molecule has 0 aromatic carbocycles. The Morgan fingerprint density at radius 3 is 2.52 bits per heavy atom. The molecule has 116 valence electrons. The molecule has 21 heavy (non-hydrogen) atoms. The summed E-state index contributed by atoms with van der Waals surface area (Å²) >= 11 is 0. The second kappa shape index (κ2) is 6.91. The number of aliphatic hydroxyl groups is 2. The number of rotatable bonds is 6. The number of hydrogen-bond donors (Lipinski definition) is 2. The highest BCUT2D eigenvalue weighted by molar-refractivity contribution is 5.42. The Morgan fingerprint density at radius 1 is 1.38 bits per heavy atom. The van der Waals surface area contributed by atoms with Gasteiger partial charge in [0.05, 0.1) is 24.7 Å². The minimum atomic E-state index is -1.37. The normalized spacial score (nSPS) is 19.3. The van der Waals surface area contributed by atoms with Gasteiger partial charge in [0, 0.05) is 13.1 Å². The third kappa shape index (κ3) is 4.18. The van der Waals surface area contributed by atoms with E-state index in [4.69, 9.17) is 0 Å². The van der Waals surface area contributed by atoms with Gasteiger partial charge in [-0.1, -0.05) is 5.18 Å². The first kappa shape index (κ1) is 15.8. The summed E-state index contributed by atoms with van der Waals surface area (Å²) in [5, 5.41) is 22.1. The number of aromatic nitrogens is 2. The van der Waals surface area contributed by atoms with Crippen LogP contribution in [0.2, 0.25) is 0 Å². The molecule has 1 aliphatic rings. The Balaban J connectivity index is 1.88. The number of aryl methyl sites for hydroxylation is 1. The number of hydrogen-bond acceptors (Lipinski definition) is 7. The molecule has 0 radical (unpaired) electrons. The lowest BCUT2D eigenvalue weighted by Crippen LogP contribution is -2.42. The Hall–Kier alpha value is -1.60. The molecule has 0 amide bonds. The quantitative estimate of drug-likeness (QED) is 0.756. The molecule has 1 aliphatic heterocycles. The van der Waals surface area contributed by atoms with Crippen LogP contribution in [-0.4, -0.2) is 52.0 Å². The predicted octanol–water partition coefficient (Wildman–Crippen LogP) is 0.881. The lowest BCUT2D eigenvalue weighted by Gasteiger charge is -2.36. The molecule has 0 aliphatic carbocycles. The van der Waals surface area contributed by atoms with Gasteiger partial charge in [-0.2, -0.15) is 4.91 Å². The third-order valence-corrected chi connectivity index (χ3v) is 4.07. The van der Waals surface area contributed by atoms with E-state index in [1.807, 2.05) is 19.3 Å². The largest absolute Gasteiger partial charge is 0.393 e. The highest BCUT2D eigenvalue weighted by Crippen LogP contribution is 2.28. The second-order valence-electron chi connectivity index (χ2n) is 5.79. The van der Waals surface area contributed by atoms with Crippen LogP contribution >= 0.6 is 0 Å². The molecule has 1 saturated heterocycles. The summed E-state index contributed by atoms with van der Waals surface area (Å²) in [5.74, 6) is 1.04. The van der Waals surface area contributed by atoms with Gasteiger partial charge in [-0.15, -0.1) is 0 Å². The van der Waals surface area contributed by atoms with Gasteiger partial charge in [0.15, 0.2) is 0 Å². The fourth-order valence-electron chi connectivity index (χ4n) is 2.78. The van der Waals surface area contributed by atoms with Gasteiger partial charge in [0.1, 0.15) is 18.0 Å². The zero-order chi connectivity index (χ0) is 15.3. The van der Waals surface area contributed by atoms with Crippen LogP contribution in [0.5, 0.6) is 0 Å². The Morgan fingerprint density at radius 2 is 2.00 bits per heavy atom. The summed E-state index contributed by atoms with van der Waals surface area (Å²) in [6, 6.07) is 0. The molecule has 0 spiro atoms. The third-order valence-electron chi connectivity index (χ3n) is 4.07. The maximum atomic E-state index is 10.3. The molecule has 1 unspecified atom stereocenters. The summed E-state index contributed by atoms with van der Waals surface area (Å²) in [6.45, 7) is 2.88. The number of anilines is 1. The van der Waals surface area contributed by atoms with Gasteiger partial charge in [-0.05, 0) is 32.1 Å². The van der Waals surface area contributed by atoms with Crippen molar-refractivity contribution < 1.29 is 10.2 Å². The van der Waals surface area contributed by atoms with E-state index in [9.17, 15) is 15.1 Å². The molecule has 1 atom stereocenters. The van der Waals surface area contributed by atoms with Crippen LogP contribution in [0.4, 0.5) is 5.69 Å². The molecule has 2 rings (SSSR count). The zero-order valence-electron chi connectivity index (χ0n) is 12.3. The Kier molecular flexibility index (Phi) is 5.19. The fraction of sp³-hybridized carbons (Fsp3) is 0.714. The predicted molar refractivity (Wildman–Crippen MR) is 79.0 cm³/mol. The van der Waals surface area contributed by atoms with Crippen molar-refractivity contribution >= 4 is 5.69 Å². The number of nitrogens with zero attached hydrogens (tertiary/aromatic N) is 4. The standard InChI is InChI=1S/C14H22N4O3/c1-11-15-7-13(8-16-11)18-4-2-12(3-5-18)6-14(20,10-19)9-17-21/h7-8,12,19-20H,2-6,9-10H2,1H3. The van der Waals surface area contributed by atoms with E-state index in [0.29, 0.717) is 6.42 Å². The number of nitroso groups, excluding NO2 is 1. The van der Waals surface area contributed by atoms with E-state index in [1.165, 1.54) is 0 Å². The van der Waals surface area contributed by atoms with Gasteiger partial charge in [-0.25, -0.2) is 9.97 Å². The highest BCUT2D eigenvalue weighted by Gasteiger charge is 2.32. The van der Waals surface area contributed by atoms with Crippen LogP contribution in [-0.2, 0) is 0 Å². The summed E-state index contributed by atoms with van der Waals surface area (Å²) in [7, 11) is 0. The maximum absolute atomic E-state index is 10.3. The molecule has 2 N–H and O–H groups in total. The lowest BCUT2D eigenvalue weighted by molar-refractivity contribution is -0.0277. The van der Waals surface area contributed by atoms with Gasteiger partial charge < -0.3 is 15.1 Å². The molecule has 7 nitrogen and oxygen atoms in total. The molecule has 0 bridgehead atoms. The van der Waals surface area contributed by atoms with E-state index in [1.54, 1.807) is 0 Å². The van der Waals surface area contributed by atoms with Crippen LogP contribution in [0.15, 0.2) is 17.6 Å². The van der Waals surface area contributed by atoms with Crippen molar-refractivity contribution in [1.29, 1.82) is 0 Å². The van der Waals surface area contributed by atoms with E-state index < -0.39 is 12.2 Å². The molecular weight excluding hydrogens is 272 g/mol. The maximum Gasteiger partial charge on any atom is 0.125 e. The number of aliphatic hydroxyl groups excluding tert-OH is 1. The van der Waals surface area contributed by atoms with Crippen LogP contribution in [0.3, 0.4) is 0 Å². The second-order valence-corrected chi connectivity index (χ2v) is 5.79. The zero-order valence-corrected chi connectivity index (χ0v) is 12.3. The molecule has 1 aromatic rings. The molecule has 2 heterocycles. The Labute approximate surface area is 124 Å². The molecule has 0 saturated carbocycles. The van der Waals surface area contributed by atoms with E-state index >= 15 is 0 Å². The monoisotopic (exact) mass is 294 g/mol. The lowest BCUT2D eigenvalue weighted by atomic mass is 9.85. The van der Waals surface area contributed by atoms with E-state index in [2.05, 4.69) is 20.0 Å². The minimum absolute atomic E-state index is 0.254. The first-order valence-electron chi connectivity index (χ1n) is 7.22. The van der Waals surface area contributed by atoms with Gasteiger partial charge >= 0.3 is 0 Å². The topological polar surface area (TPSA) is 98.9 Å². The van der Waals surface area contributed by atoms with Crippen molar-refractivity contribution in [2.75, 3.05) is 31.1 Å². The van der Waals surface area contributed by atoms with E-state index in [-0.39, 0.29) is 12.5 Å². The fourth-order valence-corrected chi connectivity index (χ4v) is 2.78. The smallest absolute Gasteiger partial charge is 0.125 e. The van der Waals surface area contributed by atoms with Crippen molar-refractivity contribution in [2.24, 2.45) is 11.1 Å². The van der Waals surface area contributed by atoms with Crippen LogP contribution in [0.1, 0.15) is 25.1 Å². The van der Waals surface area contributed by atoms with Crippen LogP contribution in [0, 0.1) is 17.7 Å². The molecule has 1 fully saturated rings. The van der Waals surface area contributed by atoms with Crippen molar-refractivity contribution in [3.05, 3.63) is 23.1 Å². The van der Waals surface area contributed by atoms with Crippen LogP contribution < -0.4 is 4.90 Å². The number of piperidine rings is 1.